The van der Waals surface area contributed by atoms with E-state index >= 15 is 0 Å². The van der Waals surface area contributed by atoms with Gasteiger partial charge in [-0.25, -0.2) is 0 Å². The van der Waals surface area contributed by atoms with Crippen molar-refractivity contribution in [2.24, 2.45) is 7.05 Å². The average molecular weight is 293 g/mol. The van der Waals surface area contributed by atoms with Crippen LogP contribution in [0, 0.1) is 6.92 Å². The Morgan fingerprint density at radius 2 is 1.71 bits per heavy atom. The highest BCUT2D eigenvalue weighted by Crippen LogP contribution is 2.21. The second kappa shape index (κ2) is 10.8. The van der Waals surface area contributed by atoms with Gasteiger partial charge in [0.25, 0.3) is 0 Å². The van der Waals surface area contributed by atoms with Gasteiger partial charge in [-0.3, -0.25) is 4.68 Å². The Bertz CT molecular complexity index is 371. The molecule has 0 saturated carbocycles. The molecule has 1 atom stereocenters. The normalized spacial score (nSPS) is 12.8. The van der Waals surface area contributed by atoms with E-state index in [0.717, 1.165) is 12.2 Å². The fourth-order valence-electron chi connectivity index (χ4n) is 2.94. The molecular weight excluding hydrogens is 258 g/mol. The zero-order valence-electron chi connectivity index (χ0n) is 14.6. The van der Waals surface area contributed by atoms with Crippen LogP contribution in [0.1, 0.15) is 89.1 Å². The van der Waals surface area contributed by atoms with Gasteiger partial charge >= 0.3 is 0 Å². The van der Waals surface area contributed by atoms with Gasteiger partial charge in [0.1, 0.15) is 0 Å². The molecule has 3 heteroatoms. The fraction of sp³-hybridized carbons (Fsp3) is 0.833. The summed E-state index contributed by atoms with van der Waals surface area (Å²) in [5.74, 6) is 0. The van der Waals surface area contributed by atoms with Gasteiger partial charge in [0.05, 0.1) is 11.4 Å². The molecule has 0 spiro atoms. The minimum atomic E-state index is 0.465. The smallest absolute Gasteiger partial charge is 0.0597 e. The molecule has 0 saturated heterocycles. The van der Waals surface area contributed by atoms with E-state index < -0.39 is 0 Å². The summed E-state index contributed by atoms with van der Waals surface area (Å²) in [4.78, 5) is 0. The average Bonchev–Trinajstić information content (AvgIpc) is 2.80. The number of hydrogen-bond donors (Lipinski definition) is 1. The monoisotopic (exact) mass is 293 g/mol. The Kier molecular flexibility index (Phi) is 9.40. The second-order valence-electron chi connectivity index (χ2n) is 6.25. The largest absolute Gasteiger partial charge is 0.309 e. The molecule has 1 unspecified atom stereocenters. The lowest BCUT2D eigenvalue weighted by Crippen LogP contribution is -2.24. The van der Waals surface area contributed by atoms with E-state index in [2.05, 4.69) is 44.3 Å². The zero-order chi connectivity index (χ0) is 15.5. The molecule has 1 rings (SSSR count). The lowest BCUT2D eigenvalue weighted by Gasteiger charge is -2.18. The van der Waals surface area contributed by atoms with Gasteiger partial charge in [0, 0.05) is 13.1 Å². The van der Waals surface area contributed by atoms with Crippen LogP contribution in [0.3, 0.4) is 0 Å². The highest BCUT2D eigenvalue weighted by molar-refractivity contribution is 5.13. The van der Waals surface area contributed by atoms with E-state index in [4.69, 9.17) is 0 Å². The molecule has 0 aliphatic rings. The van der Waals surface area contributed by atoms with Crippen molar-refractivity contribution in [1.29, 1.82) is 0 Å². The number of aryl methyl sites for hydroxylation is 2. The van der Waals surface area contributed by atoms with Gasteiger partial charge in [-0.05, 0) is 32.4 Å². The summed E-state index contributed by atoms with van der Waals surface area (Å²) in [6, 6.07) is 2.70. The standard InChI is InChI=1S/C18H35N3/c1-5-7-8-9-10-11-12-13-17(19-14-6-2)18-15-16(3)20-21(18)4/h15,17,19H,5-14H2,1-4H3. The van der Waals surface area contributed by atoms with Crippen molar-refractivity contribution in [2.45, 2.75) is 84.6 Å². The molecule has 122 valence electrons. The van der Waals surface area contributed by atoms with Crippen LogP contribution in [0.4, 0.5) is 0 Å². The first-order valence-electron chi connectivity index (χ1n) is 8.93. The first-order valence-corrected chi connectivity index (χ1v) is 8.93. The SMILES string of the molecule is CCCCCCCCCC(NCCC)c1cc(C)nn1C. The van der Waals surface area contributed by atoms with Gasteiger partial charge < -0.3 is 5.32 Å². The summed E-state index contributed by atoms with van der Waals surface area (Å²) < 4.78 is 2.05. The van der Waals surface area contributed by atoms with Crippen LogP contribution in [-0.2, 0) is 7.05 Å². The number of aromatic nitrogens is 2. The van der Waals surface area contributed by atoms with Gasteiger partial charge in [-0.1, -0.05) is 58.8 Å². The fourth-order valence-corrected chi connectivity index (χ4v) is 2.94. The molecule has 0 aliphatic carbocycles. The molecule has 21 heavy (non-hydrogen) atoms. The number of unbranched alkanes of at least 4 members (excludes halogenated alkanes) is 6. The van der Waals surface area contributed by atoms with E-state index in [1.54, 1.807) is 0 Å². The molecule has 0 aromatic carbocycles. The summed E-state index contributed by atoms with van der Waals surface area (Å²) in [5.41, 5.74) is 2.46. The maximum Gasteiger partial charge on any atom is 0.0597 e. The lowest BCUT2D eigenvalue weighted by molar-refractivity contribution is 0.442. The maximum absolute atomic E-state index is 4.49. The molecular formula is C18H35N3. The summed E-state index contributed by atoms with van der Waals surface area (Å²) in [7, 11) is 2.06. The molecule has 1 heterocycles. The highest BCUT2D eigenvalue weighted by atomic mass is 15.3. The van der Waals surface area contributed by atoms with Gasteiger partial charge in [0.2, 0.25) is 0 Å². The van der Waals surface area contributed by atoms with Crippen LogP contribution < -0.4 is 5.32 Å². The first-order chi connectivity index (χ1) is 10.2. The molecule has 1 N–H and O–H groups in total. The topological polar surface area (TPSA) is 29.9 Å². The van der Waals surface area contributed by atoms with Crippen molar-refractivity contribution >= 4 is 0 Å². The van der Waals surface area contributed by atoms with Crippen molar-refractivity contribution in [3.63, 3.8) is 0 Å². The summed E-state index contributed by atoms with van der Waals surface area (Å²) in [5, 5.41) is 8.19. The highest BCUT2D eigenvalue weighted by Gasteiger charge is 2.14. The molecule has 1 aromatic heterocycles. The summed E-state index contributed by atoms with van der Waals surface area (Å²) in [6.07, 6.45) is 12.0. The van der Waals surface area contributed by atoms with Gasteiger partial charge in [-0.2, -0.15) is 5.10 Å². The van der Waals surface area contributed by atoms with Crippen molar-refractivity contribution in [3.8, 4) is 0 Å². The molecule has 0 radical (unpaired) electrons. The molecule has 0 amide bonds. The number of rotatable bonds is 12. The Morgan fingerprint density at radius 3 is 2.29 bits per heavy atom. The Morgan fingerprint density at radius 1 is 1.05 bits per heavy atom. The predicted octanol–water partition coefficient (Wildman–Crippen LogP) is 4.91. The quantitative estimate of drug-likeness (QED) is 0.555. The van der Waals surface area contributed by atoms with Gasteiger partial charge in [0.15, 0.2) is 0 Å². The van der Waals surface area contributed by atoms with Crippen LogP contribution >= 0.6 is 0 Å². The zero-order valence-corrected chi connectivity index (χ0v) is 14.6. The third kappa shape index (κ3) is 7.12. The van der Waals surface area contributed by atoms with E-state index in [1.807, 2.05) is 4.68 Å². The molecule has 1 aromatic rings. The number of hydrogen-bond acceptors (Lipinski definition) is 2. The first kappa shape index (κ1) is 18.2. The summed E-state index contributed by atoms with van der Waals surface area (Å²) >= 11 is 0. The van der Waals surface area contributed by atoms with E-state index in [0.29, 0.717) is 6.04 Å². The van der Waals surface area contributed by atoms with Crippen LogP contribution in [0.2, 0.25) is 0 Å². The third-order valence-electron chi connectivity index (χ3n) is 4.13. The predicted molar refractivity (Wildman–Crippen MR) is 91.6 cm³/mol. The third-order valence-corrected chi connectivity index (χ3v) is 4.13. The van der Waals surface area contributed by atoms with Crippen molar-refractivity contribution < 1.29 is 0 Å². The Hall–Kier alpha value is -0.830. The summed E-state index contributed by atoms with van der Waals surface area (Å²) in [6.45, 7) is 7.67. The molecule has 0 aliphatic heterocycles. The lowest BCUT2D eigenvalue weighted by atomic mass is 10.0. The van der Waals surface area contributed by atoms with E-state index in [1.165, 1.54) is 63.5 Å². The molecule has 3 nitrogen and oxygen atoms in total. The van der Waals surface area contributed by atoms with Crippen LogP contribution in [-0.4, -0.2) is 16.3 Å². The second-order valence-corrected chi connectivity index (χ2v) is 6.25. The Labute approximate surface area is 131 Å². The van der Waals surface area contributed by atoms with Crippen molar-refractivity contribution in [1.82, 2.24) is 15.1 Å². The van der Waals surface area contributed by atoms with Crippen LogP contribution in [0.25, 0.3) is 0 Å². The van der Waals surface area contributed by atoms with E-state index in [9.17, 15) is 0 Å². The van der Waals surface area contributed by atoms with Crippen LogP contribution in [0.15, 0.2) is 6.07 Å². The minimum absolute atomic E-state index is 0.465. The number of nitrogens with zero attached hydrogens (tertiary/aromatic N) is 2. The van der Waals surface area contributed by atoms with Gasteiger partial charge in [-0.15, -0.1) is 0 Å². The van der Waals surface area contributed by atoms with Crippen LogP contribution in [0.5, 0.6) is 0 Å². The minimum Gasteiger partial charge on any atom is -0.309 e. The molecule has 0 fully saturated rings. The Balaban J connectivity index is 2.35. The van der Waals surface area contributed by atoms with E-state index in [-0.39, 0.29) is 0 Å². The maximum atomic E-state index is 4.49. The molecule has 0 bridgehead atoms. The number of nitrogens with one attached hydrogen (secondary N) is 1. The van der Waals surface area contributed by atoms with Crippen molar-refractivity contribution in [3.05, 3.63) is 17.5 Å². The van der Waals surface area contributed by atoms with Crippen molar-refractivity contribution in [2.75, 3.05) is 6.54 Å².